The van der Waals surface area contributed by atoms with Crippen molar-refractivity contribution in [2.75, 3.05) is 19.8 Å². The first-order chi connectivity index (χ1) is 11.0. The van der Waals surface area contributed by atoms with Crippen LogP contribution in [-0.4, -0.2) is 53.6 Å². The predicted octanol–water partition coefficient (Wildman–Crippen LogP) is 0.540. The summed E-state index contributed by atoms with van der Waals surface area (Å²) in [6, 6.07) is 6.50. The van der Waals surface area contributed by atoms with Gasteiger partial charge in [-0.2, -0.15) is 12.6 Å². The fourth-order valence-corrected chi connectivity index (χ4v) is 2.73. The molecule has 0 saturated carbocycles. The topological polar surface area (TPSA) is 91.2 Å². The van der Waals surface area contributed by atoms with Crippen LogP contribution in [0.5, 0.6) is 0 Å². The third-order valence-electron chi connectivity index (χ3n) is 3.97. The van der Waals surface area contributed by atoms with E-state index in [1.807, 2.05) is 30.5 Å². The van der Waals surface area contributed by atoms with E-state index in [1.54, 1.807) is 14.1 Å². The van der Waals surface area contributed by atoms with Crippen molar-refractivity contribution in [3.63, 3.8) is 0 Å². The number of carbonyl (C=O) groups excluding carboxylic acids is 2. The number of hydrogen-bond acceptors (Lipinski definition) is 4. The third-order valence-corrected chi connectivity index (χ3v) is 4.36. The van der Waals surface area contributed by atoms with Gasteiger partial charge in [0.1, 0.15) is 6.04 Å². The van der Waals surface area contributed by atoms with Crippen LogP contribution in [0.2, 0.25) is 0 Å². The maximum absolute atomic E-state index is 12.3. The van der Waals surface area contributed by atoms with Crippen molar-refractivity contribution in [3.8, 4) is 0 Å². The number of likely N-dealkylation sites (N-methyl/N-ethyl adjacent to an activating group) is 2. The lowest BCUT2D eigenvalue weighted by Gasteiger charge is -2.28. The van der Waals surface area contributed by atoms with Gasteiger partial charge in [0, 0.05) is 43.4 Å². The van der Waals surface area contributed by atoms with Gasteiger partial charge < -0.3 is 20.9 Å². The van der Waals surface area contributed by atoms with Crippen molar-refractivity contribution in [1.29, 1.82) is 0 Å². The van der Waals surface area contributed by atoms with Crippen molar-refractivity contribution in [1.82, 2.24) is 15.2 Å². The molecule has 0 saturated heterocycles. The van der Waals surface area contributed by atoms with Gasteiger partial charge in [-0.25, -0.2) is 0 Å². The highest BCUT2D eigenvalue weighted by Crippen LogP contribution is 2.20. The number of aromatic amines is 1. The van der Waals surface area contributed by atoms with Crippen LogP contribution in [-0.2, 0) is 16.0 Å². The second kappa shape index (κ2) is 7.52. The maximum Gasteiger partial charge on any atom is 0.242 e. The fourth-order valence-electron chi connectivity index (χ4n) is 2.57. The van der Waals surface area contributed by atoms with E-state index < -0.39 is 12.1 Å². The number of H-pyrrole nitrogens is 1. The van der Waals surface area contributed by atoms with Gasteiger partial charge in [0.2, 0.25) is 11.8 Å². The van der Waals surface area contributed by atoms with Crippen LogP contribution < -0.4 is 11.1 Å². The number of benzene rings is 1. The molecular formula is C16H22N4O2S. The average Bonchev–Trinajstić information content (AvgIpc) is 3.00. The molecule has 2 aromatic rings. The second-order valence-electron chi connectivity index (χ2n) is 5.43. The molecule has 0 radical (unpaired) electrons. The van der Waals surface area contributed by atoms with Crippen LogP contribution in [0.25, 0.3) is 10.9 Å². The molecule has 0 fully saturated rings. The van der Waals surface area contributed by atoms with Gasteiger partial charge in [-0.05, 0) is 11.6 Å². The quantitative estimate of drug-likeness (QED) is 0.581. The number of amides is 2. The van der Waals surface area contributed by atoms with E-state index >= 15 is 0 Å². The molecular weight excluding hydrogens is 312 g/mol. The summed E-state index contributed by atoms with van der Waals surface area (Å²) in [5, 5.41) is 3.66. The summed E-state index contributed by atoms with van der Waals surface area (Å²) in [6.07, 6.45) is 2.28. The Morgan fingerprint density at radius 2 is 2.09 bits per heavy atom. The Hall–Kier alpha value is -1.99. The average molecular weight is 334 g/mol. The monoisotopic (exact) mass is 334 g/mol. The number of para-hydroxylation sites is 1. The number of rotatable bonds is 6. The summed E-state index contributed by atoms with van der Waals surface area (Å²) in [5.74, 6) is -0.289. The van der Waals surface area contributed by atoms with Gasteiger partial charge in [-0.15, -0.1) is 0 Å². The lowest BCUT2D eigenvalue weighted by molar-refractivity contribution is -0.139. The molecule has 1 aromatic heterocycles. The zero-order valence-corrected chi connectivity index (χ0v) is 14.1. The number of carbonyl (C=O) groups is 2. The Kier molecular flexibility index (Phi) is 5.68. The Bertz CT molecular complexity index is 700. The third kappa shape index (κ3) is 3.68. The lowest BCUT2D eigenvalue weighted by atomic mass is 10.0. The second-order valence-corrected chi connectivity index (χ2v) is 5.80. The molecule has 124 valence electrons. The number of nitrogens with two attached hydrogens (primary N) is 1. The molecule has 0 aliphatic rings. The van der Waals surface area contributed by atoms with E-state index in [0.717, 1.165) is 16.5 Å². The van der Waals surface area contributed by atoms with Crippen LogP contribution in [0, 0.1) is 0 Å². The first kappa shape index (κ1) is 17.4. The van der Waals surface area contributed by atoms with Crippen molar-refractivity contribution < 1.29 is 9.59 Å². The molecule has 7 heteroatoms. The molecule has 23 heavy (non-hydrogen) atoms. The van der Waals surface area contributed by atoms with Crippen LogP contribution in [0.15, 0.2) is 30.5 Å². The number of nitrogens with one attached hydrogen (secondary N) is 2. The highest BCUT2D eigenvalue weighted by atomic mass is 32.1. The molecule has 0 unspecified atom stereocenters. The standard InChI is InChI=1S/C16H22N4O2S/c1-18-15(21)14(20(2)16(22)12(17)9-23)7-10-8-19-13-6-4-3-5-11(10)13/h3-6,8,12,14,19,23H,7,9,17H2,1-2H3,(H,18,21)/t12-,14-/m0/s1. The molecule has 4 N–H and O–H groups in total. The molecule has 2 atom stereocenters. The van der Waals surface area contributed by atoms with Gasteiger partial charge in [0.05, 0.1) is 6.04 Å². The maximum atomic E-state index is 12.3. The van der Waals surface area contributed by atoms with E-state index in [0.29, 0.717) is 6.42 Å². The fraction of sp³-hybridized carbons (Fsp3) is 0.375. The van der Waals surface area contributed by atoms with Crippen molar-refractivity contribution in [2.45, 2.75) is 18.5 Å². The molecule has 0 aliphatic heterocycles. The number of nitrogens with zero attached hydrogens (tertiary/aromatic N) is 1. The van der Waals surface area contributed by atoms with Gasteiger partial charge >= 0.3 is 0 Å². The smallest absolute Gasteiger partial charge is 0.242 e. The summed E-state index contributed by atoms with van der Waals surface area (Å²) in [6.45, 7) is 0. The van der Waals surface area contributed by atoms with Crippen LogP contribution in [0.1, 0.15) is 5.56 Å². The first-order valence-electron chi connectivity index (χ1n) is 7.39. The first-order valence-corrected chi connectivity index (χ1v) is 8.02. The lowest BCUT2D eigenvalue weighted by Crippen LogP contribution is -2.53. The zero-order chi connectivity index (χ0) is 17.0. The SMILES string of the molecule is CNC(=O)[C@H](Cc1c[nH]c2ccccc12)N(C)C(=O)[C@@H](N)CS. The van der Waals surface area contributed by atoms with Crippen molar-refractivity contribution in [3.05, 3.63) is 36.0 Å². The van der Waals surface area contributed by atoms with Gasteiger partial charge in [0.15, 0.2) is 0 Å². The predicted molar refractivity (Wildman–Crippen MR) is 94.5 cm³/mol. The molecule has 1 aromatic carbocycles. The van der Waals surface area contributed by atoms with Crippen molar-refractivity contribution >= 4 is 35.3 Å². The number of thiol groups is 1. The number of fused-ring (bicyclic) bond motifs is 1. The van der Waals surface area contributed by atoms with E-state index in [2.05, 4.69) is 22.9 Å². The summed E-state index contributed by atoms with van der Waals surface area (Å²) in [4.78, 5) is 29.1. The van der Waals surface area contributed by atoms with Crippen molar-refractivity contribution in [2.24, 2.45) is 5.73 Å². The molecule has 6 nitrogen and oxygen atoms in total. The number of hydrogen-bond donors (Lipinski definition) is 4. The summed E-state index contributed by atoms with van der Waals surface area (Å²) in [7, 11) is 3.15. The summed E-state index contributed by atoms with van der Waals surface area (Å²) in [5.41, 5.74) is 7.73. The molecule has 1 heterocycles. The largest absolute Gasteiger partial charge is 0.361 e. The summed E-state index contributed by atoms with van der Waals surface area (Å²) < 4.78 is 0. The zero-order valence-electron chi connectivity index (χ0n) is 13.2. The Labute approximate surface area is 140 Å². The van der Waals surface area contributed by atoms with Gasteiger partial charge in [0.25, 0.3) is 0 Å². The van der Waals surface area contributed by atoms with E-state index in [1.165, 1.54) is 4.90 Å². The highest BCUT2D eigenvalue weighted by molar-refractivity contribution is 7.80. The minimum Gasteiger partial charge on any atom is -0.361 e. The minimum atomic E-state index is -0.724. The minimum absolute atomic E-state index is 0.225. The normalized spacial score (nSPS) is 13.6. The number of aromatic nitrogens is 1. The summed E-state index contributed by atoms with van der Waals surface area (Å²) >= 11 is 4.05. The Balaban J connectivity index is 2.29. The van der Waals surface area contributed by atoms with Gasteiger partial charge in [-0.1, -0.05) is 18.2 Å². The van der Waals surface area contributed by atoms with Crippen LogP contribution >= 0.6 is 12.6 Å². The van der Waals surface area contributed by atoms with E-state index in [4.69, 9.17) is 5.73 Å². The van der Waals surface area contributed by atoms with E-state index in [-0.39, 0.29) is 17.6 Å². The molecule has 0 aliphatic carbocycles. The molecule has 0 bridgehead atoms. The molecule has 2 amide bonds. The van der Waals surface area contributed by atoms with Crippen LogP contribution in [0.3, 0.4) is 0 Å². The van der Waals surface area contributed by atoms with Gasteiger partial charge in [-0.3, -0.25) is 9.59 Å². The molecule has 0 spiro atoms. The highest BCUT2D eigenvalue weighted by Gasteiger charge is 2.29. The Morgan fingerprint density at radius 3 is 2.74 bits per heavy atom. The van der Waals surface area contributed by atoms with Crippen LogP contribution in [0.4, 0.5) is 0 Å². The molecule has 2 rings (SSSR count). The van der Waals surface area contributed by atoms with E-state index in [9.17, 15) is 9.59 Å². The Morgan fingerprint density at radius 1 is 1.39 bits per heavy atom.